The van der Waals surface area contributed by atoms with Gasteiger partial charge in [-0.25, -0.2) is 0 Å². The molecule has 1 N–H and O–H groups in total. The van der Waals surface area contributed by atoms with Gasteiger partial charge in [-0.3, -0.25) is 0 Å². The van der Waals surface area contributed by atoms with E-state index >= 15 is 0 Å². The van der Waals surface area contributed by atoms with Crippen molar-refractivity contribution in [3.63, 3.8) is 0 Å². The molecular formula is C20H30O. The molecule has 1 heteroatoms. The molecule has 0 amide bonds. The molecule has 0 fully saturated rings. The van der Waals surface area contributed by atoms with Crippen molar-refractivity contribution in [2.75, 3.05) is 6.61 Å². The molecule has 0 saturated heterocycles. The van der Waals surface area contributed by atoms with Crippen molar-refractivity contribution in [2.45, 2.75) is 53.9 Å². The van der Waals surface area contributed by atoms with Crippen LogP contribution in [0.25, 0.3) is 0 Å². The molecule has 1 nitrogen and oxygen atoms in total. The second kappa shape index (κ2) is 8.19. The van der Waals surface area contributed by atoms with Crippen LogP contribution in [0.15, 0.2) is 58.7 Å². The zero-order valence-corrected chi connectivity index (χ0v) is 14.2. The molecule has 0 aromatic heterocycles. The third-order valence-electron chi connectivity index (χ3n) is 4.19. The summed E-state index contributed by atoms with van der Waals surface area (Å²) in [5.41, 5.74) is 5.66. The summed E-state index contributed by atoms with van der Waals surface area (Å²) in [6.07, 6.45) is 16.3. The van der Waals surface area contributed by atoms with Crippen molar-refractivity contribution in [3.8, 4) is 0 Å². The lowest BCUT2D eigenvalue weighted by molar-refractivity contribution is 0.342. The highest BCUT2D eigenvalue weighted by Crippen LogP contribution is 2.40. The monoisotopic (exact) mass is 286 g/mol. The van der Waals surface area contributed by atoms with Crippen molar-refractivity contribution < 1.29 is 5.11 Å². The second-order valence-corrected chi connectivity index (χ2v) is 6.67. The third kappa shape index (κ3) is 5.89. The van der Waals surface area contributed by atoms with Crippen molar-refractivity contribution in [3.05, 3.63) is 58.7 Å². The Balaban J connectivity index is 2.78. The van der Waals surface area contributed by atoms with E-state index in [0.717, 1.165) is 5.57 Å². The molecule has 21 heavy (non-hydrogen) atoms. The van der Waals surface area contributed by atoms with Crippen LogP contribution in [-0.2, 0) is 0 Å². The van der Waals surface area contributed by atoms with E-state index in [0.29, 0.717) is 5.41 Å². The molecule has 0 spiro atoms. The van der Waals surface area contributed by atoms with E-state index in [1.54, 1.807) is 6.08 Å². The predicted octanol–water partition coefficient (Wildman–Crippen LogP) is 5.51. The molecule has 0 radical (unpaired) electrons. The Bertz CT molecular complexity index is 496. The van der Waals surface area contributed by atoms with E-state index in [2.05, 4.69) is 45.9 Å². The minimum absolute atomic E-state index is 0.0985. The maximum Gasteiger partial charge on any atom is 0.0617 e. The smallest absolute Gasteiger partial charge is 0.0617 e. The second-order valence-electron chi connectivity index (χ2n) is 6.67. The van der Waals surface area contributed by atoms with E-state index in [-0.39, 0.29) is 6.61 Å². The first-order valence-corrected chi connectivity index (χ1v) is 7.87. The van der Waals surface area contributed by atoms with Crippen molar-refractivity contribution in [1.29, 1.82) is 0 Å². The molecule has 0 heterocycles. The Morgan fingerprint density at radius 2 is 1.90 bits per heavy atom. The van der Waals surface area contributed by atoms with Crippen LogP contribution < -0.4 is 0 Å². The molecule has 1 aliphatic rings. The molecule has 116 valence electrons. The summed E-state index contributed by atoms with van der Waals surface area (Å²) in [6.45, 7) is 11.2. The summed E-state index contributed by atoms with van der Waals surface area (Å²) in [7, 11) is 0. The van der Waals surface area contributed by atoms with Crippen LogP contribution in [-0.4, -0.2) is 11.7 Å². The minimum atomic E-state index is 0.0985. The van der Waals surface area contributed by atoms with Crippen LogP contribution in [0, 0.1) is 5.41 Å². The van der Waals surface area contributed by atoms with Crippen molar-refractivity contribution >= 4 is 0 Å². The number of hydrogen-bond donors (Lipinski definition) is 1. The molecule has 0 saturated carbocycles. The fraction of sp³-hybridized carbons (Fsp3) is 0.500. The molecular weight excluding hydrogens is 256 g/mol. The fourth-order valence-electron chi connectivity index (χ4n) is 2.84. The number of hydrogen-bond acceptors (Lipinski definition) is 1. The van der Waals surface area contributed by atoms with Gasteiger partial charge in [0.15, 0.2) is 0 Å². The van der Waals surface area contributed by atoms with E-state index in [1.165, 1.54) is 36.0 Å². The normalized spacial score (nSPS) is 20.9. The maximum absolute atomic E-state index is 8.81. The Morgan fingerprint density at radius 3 is 2.52 bits per heavy atom. The highest BCUT2D eigenvalue weighted by molar-refractivity contribution is 5.37. The number of aliphatic hydroxyl groups excluding tert-OH is 1. The zero-order valence-electron chi connectivity index (χ0n) is 14.2. The van der Waals surface area contributed by atoms with E-state index in [9.17, 15) is 0 Å². The first-order valence-electron chi connectivity index (χ1n) is 7.87. The molecule has 0 bridgehead atoms. The lowest BCUT2D eigenvalue weighted by atomic mass is 9.72. The standard InChI is InChI=1S/C20H30O/c1-16(8-6-9-17(2)13-15-21)11-12-19-18(3)10-7-14-20(19,4)5/h6,8-9,11-13,21H,7,10,14-15H2,1-5H3/b9-6-,12-11-,16-8-,17-13-. The van der Waals surface area contributed by atoms with Crippen LogP contribution in [0.1, 0.15) is 53.9 Å². The summed E-state index contributed by atoms with van der Waals surface area (Å²) in [5, 5.41) is 8.81. The highest BCUT2D eigenvalue weighted by atomic mass is 16.2. The van der Waals surface area contributed by atoms with Gasteiger partial charge in [-0.1, -0.05) is 67.0 Å². The van der Waals surface area contributed by atoms with Gasteiger partial charge in [0.1, 0.15) is 0 Å². The average Bonchev–Trinajstić information content (AvgIpc) is 2.37. The highest BCUT2D eigenvalue weighted by Gasteiger charge is 2.26. The summed E-state index contributed by atoms with van der Waals surface area (Å²) >= 11 is 0. The minimum Gasteiger partial charge on any atom is -0.392 e. The molecule has 0 aromatic rings. The van der Waals surface area contributed by atoms with Gasteiger partial charge in [0.05, 0.1) is 6.61 Å². The van der Waals surface area contributed by atoms with Gasteiger partial charge < -0.3 is 5.11 Å². The lowest BCUT2D eigenvalue weighted by Crippen LogP contribution is -2.19. The van der Waals surface area contributed by atoms with Gasteiger partial charge in [-0.2, -0.15) is 0 Å². The molecule has 0 atom stereocenters. The van der Waals surface area contributed by atoms with Gasteiger partial charge >= 0.3 is 0 Å². The SMILES string of the molecule is CC1=C(\C=C/C(C)=C\C=C/C(C)=C\CO)C(C)(C)CCC1. The van der Waals surface area contributed by atoms with Crippen molar-refractivity contribution in [2.24, 2.45) is 5.41 Å². The number of rotatable bonds is 5. The predicted molar refractivity (Wildman–Crippen MR) is 93.2 cm³/mol. The molecule has 0 aromatic carbocycles. The van der Waals surface area contributed by atoms with E-state index in [1.807, 2.05) is 19.1 Å². The maximum atomic E-state index is 8.81. The van der Waals surface area contributed by atoms with Crippen LogP contribution in [0.2, 0.25) is 0 Å². The van der Waals surface area contributed by atoms with E-state index < -0.39 is 0 Å². The quantitative estimate of drug-likeness (QED) is 0.661. The number of aliphatic hydroxyl groups is 1. The largest absolute Gasteiger partial charge is 0.392 e. The van der Waals surface area contributed by atoms with Gasteiger partial charge in [0, 0.05) is 0 Å². The Labute approximate surface area is 130 Å². The van der Waals surface area contributed by atoms with Gasteiger partial charge in [-0.05, 0) is 51.0 Å². The van der Waals surface area contributed by atoms with Crippen molar-refractivity contribution in [1.82, 2.24) is 0 Å². The first-order chi connectivity index (χ1) is 9.86. The summed E-state index contributed by atoms with van der Waals surface area (Å²) in [4.78, 5) is 0. The van der Waals surface area contributed by atoms with Gasteiger partial charge in [0.25, 0.3) is 0 Å². The van der Waals surface area contributed by atoms with Gasteiger partial charge in [0.2, 0.25) is 0 Å². The van der Waals surface area contributed by atoms with Crippen LogP contribution in [0.5, 0.6) is 0 Å². The Kier molecular flexibility index (Phi) is 6.91. The van der Waals surface area contributed by atoms with Gasteiger partial charge in [-0.15, -0.1) is 0 Å². The first kappa shape index (κ1) is 17.7. The van der Waals surface area contributed by atoms with Crippen LogP contribution >= 0.6 is 0 Å². The Morgan fingerprint density at radius 1 is 1.19 bits per heavy atom. The molecule has 1 aliphatic carbocycles. The molecule has 1 rings (SSSR count). The summed E-state index contributed by atoms with van der Waals surface area (Å²) in [5.74, 6) is 0. The van der Waals surface area contributed by atoms with E-state index in [4.69, 9.17) is 5.11 Å². The average molecular weight is 286 g/mol. The summed E-state index contributed by atoms with van der Waals surface area (Å²) < 4.78 is 0. The molecule has 0 aliphatic heterocycles. The Hall–Kier alpha value is -1.34. The number of allylic oxidation sites excluding steroid dienone is 9. The van der Waals surface area contributed by atoms with Crippen LogP contribution in [0.3, 0.4) is 0 Å². The topological polar surface area (TPSA) is 20.2 Å². The molecule has 0 unspecified atom stereocenters. The summed E-state index contributed by atoms with van der Waals surface area (Å²) in [6, 6.07) is 0. The fourth-order valence-corrected chi connectivity index (χ4v) is 2.84. The van der Waals surface area contributed by atoms with Crippen LogP contribution in [0.4, 0.5) is 0 Å². The third-order valence-corrected chi connectivity index (χ3v) is 4.19. The zero-order chi connectivity index (χ0) is 15.9. The lowest BCUT2D eigenvalue weighted by Gasteiger charge is -2.32.